The van der Waals surface area contributed by atoms with E-state index in [1.807, 2.05) is 7.05 Å². The van der Waals surface area contributed by atoms with Crippen molar-refractivity contribution in [2.75, 3.05) is 13.6 Å². The molecule has 0 aliphatic heterocycles. The van der Waals surface area contributed by atoms with Crippen molar-refractivity contribution in [3.63, 3.8) is 0 Å². The van der Waals surface area contributed by atoms with Gasteiger partial charge in [-0.05, 0) is 12.5 Å². The molecule has 0 amide bonds. The number of nitrogens with two attached hydrogens (primary N) is 1. The van der Waals surface area contributed by atoms with Gasteiger partial charge >= 0.3 is 0 Å². The fourth-order valence-electron chi connectivity index (χ4n) is 0.526. The summed E-state index contributed by atoms with van der Waals surface area (Å²) in [6.45, 7) is 7.34. The third kappa shape index (κ3) is 3.49. The van der Waals surface area contributed by atoms with E-state index in [9.17, 15) is 0 Å². The molecule has 0 aromatic carbocycles. The van der Waals surface area contributed by atoms with E-state index in [1.165, 1.54) is 0 Å². The number of hydrogen-bond donors (Lipinski definition) is 2. The predicted octanol–water partition coefficient (Wildman–Crippen LogP) is 0.579. The van der Waals surface area contributed by atoms with Gasteiger partial charge in [-0.2, -0.15) is 0 Å². The smallest absolute Gasteiger partial charge is 0.0214 e. The SMILES string of the molecule is CNCC(N)C(C)(C)C. The number of likely N-dealkylation sites (N-methyl/N-ethyl adjacent to an activating group) is 1. The van der Waals surface area contributed by atoms with Gasteiger partial charge in [0.2, 0.25) is 0 Å². The van der Waals surface area contributed by atoms with E-state index >= 15 is 0 Å². The Morgan fingerprint density at radius 3 is 2.00 bits per heavy atom. The third-order valence-corrected chi connectivity index (χ3v) is 1.54. The monoisotopic (exact) mass is 130 g/mol. The molecular formula is C7H18N2. The quantitative estimate of drug-likeness (QED) is 0.574. The highest BCUT2D eigenvalue weighted by atomic mass is 14.9. The second-order valence-electron chi connectivity index (χ2n) is 3.53. The maximum absolute atomic E-state index is 5.80. The molecule has 3 N–H and O–H groups in total. The molecule has 9 heavy (non-hydrogen) atoms. The van der Waals surface area contributed by atoms with Crippen molar-refractivity contribution < 1.29 is 0 Å². The second kappa shape index (κ2) is 3.18. The van der Waals surface area contributed by atoms with E-state index in [0.29, 0.717) is 0 Å². The van der Waals surface area contributed by atoms with Gasteiger partial charge in [-0.3, -0.25) is 0 Å². The minimum atomic E-state index is 0.225. The van der Waals surface area contributed by atoms with E-state index in [0.717, 1.165) is 6.54 Å². The Kier molecular flexibility index (Phi) is 3.15. The Bertz CT molecular complexity index is 73.5. The van der Waals surface area contributed by atoms with Crippen LogP contribution >= 0.6 is 0 Å². The topological polar surface area (TPSA) is 38.0 Å². The van der Waals surface area contributed by atoms with Crippen molar-refractivity contribution >= 4 is 0 Å². The Hall–Kier alpha value is -0.0800. The third-order valence-electron chi connectivity index (χ3n) is 1.54. The van der Waals surface area contributed by atoms with Gasteiger partial charge < -0.3 is 11.1 Å². The molecule has 56 valence electrons. The molecule has 0 saturated heterocycles. The van der Waals surface area contributed by atoms with Crippen LogP contribution < -0.4 is 11.1 Å². The molecule has 0 fully saturated rings. The number of rotatable bonds is 2. The summed E-state index contributed by atoms with van der Waals surface area (Å²) in [6.07, 6.45) is 0. The number of nitrogens with one attached hydrogen (secondary N) is 1. The fraction of sp³-hybridized carbons (Fsp3) is 1.00. The van der Waals surface area contributed by atoms with Gasteiger partial charge in [-0.15, -0.1) is 0 Å². The summed E-state index contributed by atoms with van der Waals surface area (Å²) in [6, 6.07) is 0.252. The average Bonchev–Trinajstić information content (AvgIpc) is 1.64. The largest absolute Gasteiger partial charge is 0.326 e. The summed E-state index contributed by atoms with van der Waals surface area (Å²) < 4.78 is 0. The van der Waals surface area contributed by atoms with Gasteiger partial charge in [0, 0.05) is 12.6 Å². The molecule has 1 unspecified atom stereocenters. The first-order chi connectivity index (χ1) is 3.98. The Morgan fingerprint density at radius 1 is 1.44 bits per heavy atom. The van der Waals surface area contributed by atoms with Crippen LogP contribution in [0.3, 0.4) is 0 Å². The molecule has 0 radical (unpaired) electrons. The van der Waals surface area contributed by atoms with E-state index in [1.54, 1.807) is 0 Å². The van der Waals surface area contributed by atoms with Crippen molar-refractivity contribution in [1.82, 2.24) is 5.32 Å². The molecule has 0 aromatic rings. The standard InChI is InChI=1S/C7H18N2/c1-7(2,3)6(8)5-9-4/h6,9H,5,8H2,1-4H3. The highest BCUT2D eigenvalue weighted by Gasteiger charge is 2.18. The zero-order valence-electron chi connectivity index (χ0n) is 6.86. The Balaban J connectivity index is 3.59. The van der Waals surface area contributed by atoms with Gasteiger partial charge in [0.25, 0.3) is 0 Å². The minimum Gasteiger partial charge on any atom is -0.326 e. The molecule has 2 nitrogen and oxygen atoms in total. The highest BCUT2D eigenvalue weighted by molar-refractivity contribution is 4.77. The molecule has 0 rings (SSSR count). The second-order valence-corrected chi connectivity index (χ2v) is 3.53. The lowest BCUT2D eigenvalue weighted by Crippen LogP contribution is -2.42. The molecule has 1 atom stereocenters. The van der Waals surface area contributed by atoms with Gasteiger partial charge in [0.1, 0.15) is 0 Å². The summed E-state index contributed by atoms with van der Waals surface area (Å²) in [5.41, 5.74) is 6.02. The fourth-order valence-corrected chi connectivity index (χ4v) is 0.526. The molecule has 0 spiro atoms. The summed E-state index contributed by atoms with van der Waals surface area (Å²) in [5.74, 6) is 0. The lowest BCUT2D eigenvalue weighted by atomic mass is 9.87. The lowest BCUT2D eigenvalue weighted by Gasteiger charge is -2.26. The van der Waals surface area contributed by atoms with Crippen LogP contribution in [0.4, 0.5) is 0 Å². The van der Waals surface area contributed by atoms with Crippen LogP contribution in [0.15, 0.2) is 0 Å². The zero-order valence-corrected chi connectivity index (χ0v) is 6.86. The maximum atomic E-state index is 5.80. The van der Waals surface area contributed by atoms with Crippen LogP contribution in [0, 0.1) is 5.41 Å². The summed E-state index contributed by atoms with van der Waals surface area (Å²) in [4.78, 5) is 0. The van der Waals surface area contributed by atoms with Crippen LogP contribution in [0.1, 0.15) is 20.8 Å². The molecule has 2 heteroatoms. The molecule has 0 aromatic heterocycles. The van der Waals surface area contributed by atoms with Crippen LogP contribution in [0.5, 0.6) is 0 Å². The normalized spacial score (nSPS) is 15.7. The van der Waals surface area contributed by atoms with Gasteiger partial charge in [0.15, 0.2) is 0 Å². The molecule has 0 aliphatic rings. The van der Waals surface area contributed by atoms with Crippen molar-refractivity contribution in [3.05, 3.63) is 0 Å². The number of hydrogen-bond acceptors (Lipinski definition) is 2. The Labute approximate surface area is 57.8 Å². The van der Waals surface area contributed by atoms with Crippen LogP contribution in [-0.4, -0.2) is 19.6 Å². The van der Waals surface area contributed by atoms with Gasteiger partial charge in [-0.25, -0.2) is 0 Å². The van der Waals surface area contributed by atoms with E-state index < -0.39 is 0 Å². The summed E-state index contributed by atoms with van der Waals surface area (Å²) >= 11 is 0. The van der Waals surface area contributed by atoms with E-state index in [2.05, 4.69) is 26.1 Å². The molecular weight excluding hydrogens is 112 g/mol. The zero-order chi connectivity index (χ0) is 7.49. The summed E-state index contributed by atoms with van der Waals surface area (Å²) in [5, 5.41) is 3.05. The first-order valence-corrected chi connectivity index (χ1v) is 3.38. The van der Waals surface area contributed by atoms with Gasteiger partial charge in [0.05, 0.1) is 0 Å². The highest BCUT2D eigenvalue weighted by Crippen LogP contribution is 2.15. The van der Waals surface area contributed by atoms with Crippen LogP contribution in [0.25, 0.3) is 0 Å². The first kappa shape index (κ1) is 8.92. The van der Waals surface area contributed by atoms with Crippen molar-refractivity contribution in [2.45, 2.75) is 26.8 Å². The Morgan fingerprint density at radius 2 is 1.89 bits per heavy atom. The van der Waals surface area contributed by atoms with Crippen molar-refractivity contribution in [3.8, 4) is 0 Å². The van der Waals surface area contributed by atoms with Crippen LogP contribution in [0.2, 0.25) is 0 Å². The maximum Gasteiger partial charge on any atom is 0.0214 e. The molecule has 0 saturated carbocycles. The first-order valence-electron chi connectivity index (χ1n) is 3.38. The lowest BCUT2D eigenvalue weighted by molar-refractivity contribution is 0.314. The minimum absolute atomic E-state index is 0.225. The molecule has 0 aliphatic carbocycles. The van der Waals surface area contributed by atoms with E-state index in [4.69, 9.17) is 5.73 Å². The predicted molar refractivity (Wildman–Crippen MR) is 41.4 cm³/mol. The molecule has 0 bridgehead atoms. The van der Waals surface area contributed by atoms with Crippen molar-refractivity contribution in [2.24, 2.45) is 11.1 Å². The average molecular weight is 130 g/mol. The van der Waals surface area contributed by atoms with E-state index in [-0.39, 0.29) is 11.5 Å². The summed E-state index contributed by atoms with van der Waals surface area (Å²) in [7, 11) is 1.92. The van der Waals surface area contributed by atoms with Gasteiger partial charge in [-0.1, -0.05) is 20.8 Å². The van der Waals surface area contributed by atoms with Crippen molar-refractivity contribution in [1.29, 1.82) is 0 Å². The molecule has 0 heterocycles. The van der Waals surface area contributed by atoms with Crippen LogP contribution in [-0.2, 0) is 0 Å².